The van der Waals surface area contributed by atoms with Gasteiger partial charge in [0.2, 0.25) is 0 Å². The molecule has 0 spiro atoms. The zero-order chi connectivity index (χ0) is 71.1. The van der Waals surface area contributed by atoms with E-state index >= 15 is 0 Å². The Balaban J connectivity index is 0.742. The Hall–Kier alpha value is -0.0151. The second-order valence-electron chi connectivity index (χ2n) is 50.2. The molecule has 26 unspecified atom stereocenters. The fourth-order valence-electron chi connectivity index (χ4n) is 36.4. The summed E-state index contributed by atoms with van der Waals surface area (Å²) in [7, 11) is 0. The van der Waals surface area contributed by atoms with Crippen LogP contribution in [0.3, 0.4) is 0 Å². The van der Waals surface area contributed by atoms with E-state index in [0.717, 1.165) is 220 Å². The van der Waals surface area contributed by atoms with Crippen LogP contribution in [0, 0.1) is 187 Å². The van der Waals surface area contributed by atoms with Crippen LogP contribution in [0.15, 0.2) is 0 Å². The molecule has 2 heterocycles. The van der Waals surface area contributed by atoms with Gasteiger partial charge in [0.25, 0.3) is 0 Å². The summed E-state index contributed by atoms with van der Waals surface area (Å²) in [6, 6.07) is 5.13. The highest BCUT2D eigenvalue weighted by Gasteiger charge is 2.69. The molecule has 0 aromatic heterocycles. The zero-order valence-electron chi connectivity index (χ0n) is 70.9. The van der Waals surface area contributed by atoms with Gasteiger partial charge in [0.05, 0.1) is 0 Å². The van der Waals surface area contributed by atoms with Crippen molar-refractivity contribution in [1.82, 2.24) is 9.80 Å². The normalized spacial score (nSPS) is 51.1. The van der Waals surface area contributed by atoms with Crippen molar-refractivity contribution in [2.24, 2.45) is 187 Å². The van der Waals surface area contributed by atoms with Crippen LogP contribution in [-0.4, -0.2) is 52.8 Å². The van der Waals surface area contributed by atoms with E-state index < -0.39 is 0 Å². The lowest BCUT2D eigenvalue weighted by Crippen LogP contribution is -2.75. The number of hydrogen-bond acceptors (Lipinski definition) is 2. The van der Waals surface area contributed by atoms with Crippen molar-refractivity contribution < 1.29 is 0 Å². The van der Waals surface area contributed by atoms with Gasteiger partial charge < -0.3 is 0 Å². The smallest absolute Gasteiger partial charge is 0.156 e. The molecular formula is C100H169BN2. The predicted octanol–water partition coefficient (Wildman–Crippen LogP) is 27.7. The summed E-state index contributed by atoms with van der Waals surface area (Å²) in [5.41, 5.74) is 2.23. The highest BCUT2D eigenvalue weighted by atomic mass is 15.3. The minimum atomic E-state index is 0.437. The van der Waals surface area contributed by atoms with Crippen LogP contribution in [0.1, 0.15) is 386 Å². The molecule has 0 amide bonds. The Morgan fingerprint density at radius 1 is 0.204 bits per heavy atom. The number of fused-ring (bicyclic) bond motifs is 4. The van der Waals surface area contributed by atoms with E-state index in [9.17, 15) is 0 Å². The molecule has 0 aromatic rings. The quantitative estimate of drug-likeness (QED) is 0.234. The first-order valence-electron chi connectivity index (χ1n) is 48.7. The summed E-state index contributed by atoms with van der Waals surface area (Å²) < 4.78 is 0. The van der Waals surface area contributed by atoms with E-state index in [1.807, 2.05) is 0 Å². The lowest BCUT2D eigenvalue weighted by atomic mass is 9.18. The number of rotatable bonds is 7. The third-order valence-corrected chi connectivity index (χ3v) is 41.3. The maximum atomic E-state index is 3.80. The van der Waals surface area contributed by atoms with Crippen molar-refractivity contribution in [2.45, 2.75) is 440 Å². The fourth-order valence-corrected chi connectivity index (χ4v) is 36.4. The van der Waals surface area contributed by atoms with E-state index in [0.29, 0.717) is 27.1 Å². The van der Waals surface area contributed by atoms with Crippen molar-refractivity contribution >= 4 is 6.71 Å². The van der Waals surface area contributed by atoms with Gasteiger partial charge in [-0.2, -0.15) is 0 Å². The number of nitrogens with zero attached hydrogens (tertiary/aromatic N) is 2. The van der Waals surface area contributed by atoms with Gasteiger partial charge in [-0.3, -0.25) is 9.80 Å². The van der Waals surface area contributed by atoms with Crippen LogP contribution in [0.5, 0.6) is 0 Å². The van der Waals surface area contributed by atoms with E-state index in [1.54, 1.807) is 231 Å². The summed E-state index contributed by atoms with van der Waals surface area (Å²) in [5.74, 6) is 29.9. The van der Waals surface area contributed by atoms with Crippen LogP contribution < -0.4 is 0 Å². The molecule has 16 aliphatic carbocycles. The molecule has 2 saturated heterocycles. The summed E-state index contributed by atoms with van der Waals surface area (Å²) >= 11 is 0. The minimum Gasteiger partial charge on any atom is -0.295 e. The van der Waals surface area contributed by atoms with Gasteiger partial charge in [-0.25, -0.2) is 0 Å². The monoisotopic (exact) mass is 1410 g/mol. The first kappa shape index (κ1) is 74.4. The van der Waals surface area contributed by atoms with Crippen LogP contribution in [0.4, 0.5) is 0 Å². The van der Waals surface area contributed by atoms with E-state index in [4.69, 9.17) is 0 Å². The van der Waals surface area contributed by atoms with Crippen LogP contribution in [0.2, 0.25) is 17.5 Å². The second-order valence-corrected chi connectivity index (χ2v) is 50.2. The molecular weight excluding hydrogens is 1240 g/mol. The van der Waals surface area contributed by atoms with Gasteiger partial charge in [0.15, 0.2) is 6.71 Å². The van der Waals surface area contributed by atoms with Crippen molar-refractivity contribution in [3.63, 3.8) is 0 Å². The Morgan fingerprint density at radius 2 is 0.495 bits per heavy atom. The van der Waals surface area contributed by atoms with E-state index in [1.165, 1.54) is 51.4 Å². The standard InChI is InChI=1S/C100H169BN2/c1-96(2,3)74-38-30-64(31-39-74)71-56-89-95-90(57-71)103(80-42-34-63(35-43-80)61-24-20-17-21-25-61)88-55-66(82-53-73-51-76(98(7,8)9)47-68-27-29-70-49-78(100(13,14)15)59-84(82)94(70)92(68)73)37-45-86(88)101(95)85-44-36-65(54-87(85)102(89)79-40-32-62(33-41-79)60-22-18-16-19-23-60)81-52-72-50-75(97(4,5)6)46-67-26-28-69-48-77(99(10,11)12)58-83(81)93(69)91(67)72/h60-95H,16-59H2,1-15H3. The van der Waals surface area contributed by atoms with Gasteiger partial charge in [-0.1, -0.05) is 194 Å². The summed E-state index contributed by atoms with van der Waals surface area (Å²) in [4.78, 5) is 7.60. The second kappa shape index (κ2) is 28.5. The van der Waals surface area contributed by atoms with Gasteiger partial charge in [0.1, 0.15) is 0 Å². The lowest BCUT2D eigenvalue weighted by Gasteiger charge is -2.71. The average molecular weight is 1410 g/mol. The Kier molecular flexibility index (Phi) is 20.6. The summed E-state index contributed by atoms with van der Waals surface area (Å²) in [6.07, 6.45) is 69.6. The molecule has 0 aromatic carbocycles. The topological polar surface area (TPSA) is 6.48 Å². The summed E-state index contributed by atoms with van der Waals surface area (Å²) in [5, 5.41) is 0. The lowest BCUT2D eigenvalue weighted by molar-refractivity contribution is -0.157. The van der Waals surface area contributed by atoms with E-state index in [-0.39, 0.29) is 0 Å². The molecule has 0 N–H and O–H groups in total. The van der Waals surface area contributed by atoms with Crippen molar-refractivity contribution in [1.29, 1.82) is 0 Å². The van der Waals surface area contributed by atoms with E-state index in [2.05, 4.69) is 114 Å². The molecule has 2 nitrogen and oxygen atoms in total. The Bertz CT molecular complexity index is 2660. The molecule has 26 atom stereocenters. The maximum absolute atomic E-state index is 3.80. The van der Waals surface area contributed by atoms with Gasteiger partial charge in [-0.05, 0) is 397 Å². The average Bonchev–Trinajstić information content (AvgIpc) is 0.702. The number of hydrogen-bond donors (Lipinski definition) is 0. The van der Waals surface area contributed by atoms with Gasteiger partial charge in [0, 0.05) is 36.3 Å². The van der Waals surface area contributed by atoms with Crippen LogP contribution in [0.25, 0.3) is 0 Å². The molecule has 18 rings (SSSR count). The van der Waals surface area contributed by atoms with Gasteiger partial charge in [-0.15, -0.1) is 0 Å². The first-order valence-corrected chi connectivity index (χ1v) is 48.7. The largest absolute Gasteiger partial charge is 0.295 e. The van der Waals surface area contributed by atoms with Crippen LogP contribution in [-0.2, 0) is 0 Å². The molecule has 582 valence electrons. The molecule has 3 heteroatoms. The highest BCUT2D eigenvalue weighted by Crippen LogP contribution is 2.73. The molecule has 0 radical (unpaired) electrons. The van der Waals surface area contributed by atoms with Crippen molar-refractivity contribution in [3.8, 4) is 0 Å². The SMILES string of the molecule is CC(C)(C)C1CCC(C2CC3C4B(C5CCC(C6CC7CC(C(C)(C)C)CC8CCC9CC(C(C)(C)C)CC6C9C87)CC5N3C3CCC(C5CCCCC5)CC3)C3CCC(C5CC6CC(C(C)(C)C)CC7CCC8CC(C(C)(C)C)CC5C8C76)CC3N(C3CCC(C5CCCCC5)CC3)C4C2)CC1. The predicted molar refractivity (Wildman–Crippen MR) is 438 cm³/mol. The van der Waals surface area contributed by atoms with Gasteiger partial charge >= 0.3 is 0 Å². The Labute approximate surface area is 639 Å². The molecule has 16 saturated carbocycles. The molecule has 103 heavy (non-hydrogen) atoms. The third kappa shape index (κ3) is 13.8. The zero-order valence-corrected chi connectivity index (χ0v) is 70.9. The van der Waals surface area contributed by atoms with Crippen LogP contribution >= 0.6 is 0 Å². The molecule has 0 bridgehead atoms. The first-order chi connectivity index (χ1) is 49.2. The van der Waals surface area contributed by atoms with Crippen molar-refractivity contribution in [3.05, 3.63) is 0 Å². The Morgan fingerprint density at radius 3 is 0.864 bits per heavy atom. The molecule has 2 aliphatic heterocycles. The fraction of sp³-hybridized carbons (Fsp3) is 1.00. The van der Waals surface area contributed by atoms with Crippen molar-refractivity contribution in [2.75, 3.05) is 0 Å². The maximum Gasteiger partial charge on any atom is 0.156 e. The highest BCUT2D eigenvalue weighted by molar-refractivity contribution is 6.65. The summed E-state index contributed by atoms with van der Waals surface area (Å²) in [6.45, 7) is 41.2. The molecule has 18 fully saturated rings. The minimum absolute atomic E-state index is 0.437. The third-order valence-electron chi connectivity index (χ3n) is 41.3. The molecule has 18 aliphatic rings.